The van der Waals surface area contributed by atoms with Crippen LogP contribution >= 0.6 is 11.6 Å². The number of carboxylic acid groups (broad SMARTS) is 1. The maximum absolute atomic E-state index is 10.6. The Balaban J connectivity index is 1.99. The van der Waals surface area contributed by atoms with Crippen LogP contribution in [0.2, 0.25) is 5.02 Å². The summed E-state index contributed by atoms with van der Waals surface area (Å²) in [5, 5.41) is 17.3. The lowest BCUT2D eigenvalue weighted by molar-refractivity contribution is -0.137. The first-order valence-electron chi connectivity index (χ1n) is 6.31. The zero-order chi connectivity index (χ0) is 14.5. The highest BCUT2D eigenvalue weighted by atomic mass is 35.5. The van der Waals surface area contributed by atoms with Crippen molar-refractivity contribution in [1.82, 2.24) is 10.2 Å². The van der Waals surface area contributed by atoms with Gasteiger partial charge in [-0.15, -0.1) is 10.2 Å². The van der Waals surface area contributed by atoms with Gasteiger partial charge in [-0.3, -0.25) is 4.79 Å². The van der Waals surface area contributed by atoms with Crippen LogP contribution in [0.4, 0.5) is 0 Å². The average Bonchev–Trinajstić information content (AvgIpc) is 2.78. The first-order chi connectivity index (χ1) is 9.54. The molecule has 0 radical (unpaired) electrons. The highest BCUT2D eigenvalue weighted by molar-refractivity contribution is 6.31. The van der Waals surface area contributed by atoms with E-state index in [4.69, 9.17) is 21.1 Å². The van der Waals surface area contributed by atoms with E-state index in [9.17, 15) is 4.79 Å². The quantitative estimate of drug-likeness (QED) is 0.886. The van der Waals surface area contributed by atoms with E-state index in [0.717, 1.165) is 5.56 Å². The van der Waals surface area contributed by atoms with E-state index >= 15 is 0 Å². The molecule has 0 aliphatic carbocycles. The lowest BCUT2D eigenvalue weighted by Crippen LogP contribution is -2.07. The molecule has 106 valence electrons. The number of hydrogen-bond donors (Lipinski definition) is 1. The number of halogens is 1. The van der Waals surface area contributed by atoms with Crippen molar-refractivity contribution in [1.29, 1.82) is 0 Å². The van der Waals surface area contributed by atoms with Crippen molar-refractivity contribution in [3.05, 3.63) is 46.6 Å². The number of aliphatic carboxylic acids is 1. The molecule has 1 aromatic carbocycles. The summed E-state index contributed by atoms with van der Waals surface area (Å²) in [5.41, 5.74) is 0.919. The standard InChI is InChI=1S/C14H15ClN2O3/c1-9(7-14(18)19)6-12-16-17-13(20-12)8-10-4-2-3-5-11(10)15/h2-5,9H,6-8H2,1H3,(H,18,19). The zero-order valence-electron chi connectivity index (χ0n) is 11.0. The van der Waals surface area contributed by atoms with Crippen LogP contribution in [0.1, 0.15) is 30.7 Å². The summed E-state index contributed by atoms with van der Waals surface area (Å²) in [5.74, 6) is 0.0749. The highest BCUT2D eigenvalue weighted by Crippen LogP contribution is 2.19. The zero-order valence-corrected chi connectivity index (χ0v) is 11.8. The fourth-order valence-corrected chi connectivity index (χ4v) is 2.12. The third-order valence-electron chi connectivity index (χ3n) is 2.85. The second kappa shape index (κ2) is 6.52. The van der Waals surface area contributed by atoms with E-state index in [1.807, 2.05) is 31.2 Å². The number of hydrogen-bond acceptors (Lipinski definition) is 4. The molecular formula is C14H15ClN2O3. The Morgan fingerprint density at radius 2 is 2.05 bits per heavy atom. The fraction of sp³-hybridized carbons (Fsp3) is 0.357. The van der Waals surface area contributed by atoms with E-state index in [2.05, 4.69) is 10.2 Å². The van der Waals surface area contributed by atoms with Crippen LogP contribution in [0.5, 0.6) is 0 Å². The first-order valence-corrected chi connectivity index (χ1v) is 6.69. The van der Waals surface area contributed by atoms with Crippen LogP contribution in [0.3, 0.4) is 0 Å². The Hall–Kier alpha value is -1.88. The van der Waals surface area contributed by atoms with Crippen molar-refractivity contribution in [3.63, 3.8) is 0 Å². The summed E-state index contributed by atoms with van der Waals surface area (Å²) >= 11 is 6.07. The molecule has 6 heteroatoms. The fourth-order valence-electron chi connectivity index (χ4n) is 1.92. The van der Waals surface area contributed by atoms with Crippen molar-refractivity contribution in [2.75, 3.05) is 0 Å². The molecule has 0 bridgehead atoms. The molecule has 20 heavy (non-hydrogen) atoms. The molecule has 5 nitrogen and oxygen atoms in total. The normalized spacial score (nSPS) is 12.3. The van der Waals surface area contributed by atoms with Gasteiger partial charge in [-0.25, -0.2) is 0 Å². The Labute approximate surface area is 121 Å². The second-order valence-electron chi connectivity index (χ2n) is 4.76. The van der Waals surface area contributed by atoms with Crippen LogP contribution in [0.25, 0.3) is 0 Å². The lowest BCUT2D eigenvalue weighted by atomic mass is 10.0. The van der Waals surface area contributed by atoms with Crippen molar-refractivity contribution >= 4 is 17.6 Å². The molecule has 0 aliphatic rings. The molecule has 1 unspecified atom stereocenters. The molecule has 0 saturated carbocycles. The van der Waals surface area contributed by atoms with Crippen LogP contribution in [-0.2, 0) is 17.6 Å². The predicted molar refractivity (Wildman–Crippen MR) is 73.7 cm³/mol. The van der Waals surface area contributed by atoms with E-state index in [0.29, 0.717) is 29.6 Å². The van der Waals surface area contributed by atoms with Gasteiger partial charge in [0, 0.05) is 17.9 Å². The number of carbonyl (C=O) groups is 1. The summed E-state index contributed by atoms with van der Waals surface area (Å²) in [6, 6.07) is 7.47. The minimum absolute atomic E-state index is 0.0406. The van der Waals surface area contributed by atoms with E-state index in [-0.39, 0.29) is 12.3 Å². The summed E-state index contributed by atoms with van der Waals surface area (Å²) in [6.45, 7) is 1.84. The number of aromatic nitrogens is 2. The number of nitrogens with zero attached hydrogens (tertiary/aromatic N) is 2. The van der Waals surface area contributed by atoms with Gasteiger partial charge in [0.15, 0.2) is 0 Å². The van der Waals surface area contributed by atoms with Gasteiger partial charge in [0.2, 0.25) is 11.8 Å². The number of carboxylic acids is 1. The highest BCUT2D eigenvalue weighted by Gasteiger charge is 2.14. The molecule has 0 fully saturated rings. The Bertz CT molecular complexity index is 598. The third-order valence-corrected chi connectivity index (χ3v) is 3.22. The van der Waals surface area contributed by atoms with Crippen molar-refractivity contribution in [2.45, 2.75) is 26.2 Å². The SMILES string of the molecule is CC(CC(=O)O)Cc1nnc(Cc2ccccc2Cl)o1. The molecule has 0 saturated heterocycles. The molecule has 0 spiro atoms. The maximum atomic E-state index is 10.6. The number of rotatable bonds is 6. The van der Waals surface area contributed by atoms with Crippen molar-refractivity contribution < 1.29 is 14.3 Å². The second-order valence-corrected chi connectivity index (χ2v) is 5.17. The molecule has 1 aromatic heterocycles. The predicted octanol–water partition coefficient (Wildman–Crippen LogP) is 2.97. The van der Waals surface area contributed by atoms with Crippen LogP contribution in [-0.4, -0.2) is 21.3 Å². The van der Waals surface area contributed by atoms with Gasteiger partial charge < -0.3 is 9.52 Å². The summed E-state index contributed by atoms with van der Waals surface area (Å²) in [7, 11) is 0. The minimum atomic E-state index is -0.826. The molecule has 1 heterocycles. The maximum Gasteiger partial charge on any atom is 0.303 e. The van der Waals surface area contributed by atoms with Crippen LogP contribution < -0.4 is 0 Å². The Kier molecular flexibility index (Phi) is 4.74. The summed E-state index contributed by atoms with van der Waals surface area (Å²) < 4.78 is 5.52. The average molecular weight is 295 g/mol. The topological polar surface area (TPSA) is 76.2 Å². The van der Waals surface area contributed by atoms with Gasteiger partial charge in [-0.2, -0.15) is 0 Å². The summed E-state index contributed by atoms with van der Waals surface area (Å²) in [6.07, 6.45) is 1.02. The van der Waals surface area contributed by atoms with Gasteiger partial charge >= 0.3 is 5.97 Å². The first kappa shape index (κ1) is 14.5. The molecule has 0 amide bonds. The monoisotopic (exact) mass is 294 g/mol. The third kappa shape index (κ3) is 4.06. The molecule has 0 aliphatic heterocycles. The van der Waals surface area contributed by atoms with Crippen molar-refractivity contribution in [2.24, 2.45) is 5.92 Å². The van der Waals surface area contributed by atoms with Gasteiger partial charge in [0.1, 0.15) is 0 Å². The minimum Gasteiger partial charge on any atom is -0.481 e. The van der Waals surface area contributed by atoms with Crippen LogP contribution in [0.15, 0.2) is 28.7 Å². The largest absolute Gasteiger partial charge is 0.481 e. The van der Waals surface area contributed by atoms with Gasteiger partial charge in [0.05, 0.1) is 6.42 Å². The smallest absolute Gasteiger partial charge is 0.303 e. The van der Waals surface area contributed by atoms with Gasteiger partial charge in [-0.1, -0.05) is 36.7 Å². The molecular weight excluding hydrogens is 280 g/mol. The molecule has 1 atom stereocenters. The van der Waals surface area contributed by atoms with Gasteiger partial charge in [-0.05, 0) is 17.5 Å². The summed E-state index contributed by atoms with van der Waals surface area (Å²) in [4.78, 5) is 10.6. The van der Waals surface area contributed by atoms with E-state index in [1.165, 1.54) is 0 Å². The Morgan fingerprint density at radius 1 is 1.35 bits per heavy atom. The van der Waals surface area contributed by atoms with E-state index < -0.39 is 5.97 Å². The van der Waals surface area contributed by atoms with E-state index in [1.54, 1.807) is 0 Å². The van der Waals surface area contributed by atoms with Crippen molar-refractivity contribution in [3.8, 4) is 0 Å². The lowest BCUT2D eigenvalue weighted by Gasteiger charge is -2.03. The van der Waals surface area contributed by atoms with Gasteiger partial charge in [0.25, 0.3) is 0 Å². The molecule has 1 N–H and O–H groups in total. The molecule has 2 aromatic rings. The molecule has 2 rings (SSSR count). The Morgan fingerprint density at radius 3 is 2.75 bits per heavy atom. The van der Waals surface area contributed by atoms with Crippen LogP contribution in [0, 0.1) is 5.92 Å². The number of benzene rings is 1.